The van der Waals surface area contributed by atoms with E-state index in [1.165, 1.54) is 31.4 Å². The molecule has 0 amide bonds. The fourth-order valence-corrected chi connectivity index (χ4v) is 2.70. The van der Waals surface area contributed by atoms with Crippen molar-refractivity contribution in [3.63, 3.8) is 0 Å². The Morgan fingerprint density at radius 1 is 1.50 bits per heavy atom. The van der Waals surface area contributed by atoms with Crippen molar-refractivity contribution in [3.05, 3.63) is 17.5 Å². The van der Waals surface area contributed by atoms with Crippen LogP contribution in [-0.4, -0.2) is 15.8 Å². The molecule has 1 aliphatic carbocycles. The van der Waals surface area contributed by atoms with Gasteiger partial charge in [-0.3, -0.25) is 4.68 Å². The molecule has 2 atom stereocenters. The highest BCUT2D eigenvalue weighted by Gasteiger charge is 2.18. The lowest BCUT2D eigenvalue weighted by molar-refractivity contribution is 0.299. The van der Waals surface area contributed by atoms with Crippen LogP contribution >= 0.6 is 0 Å². The summed E-state index contributed by atoms with van der Waals surface area (Å²) < 4.78 is 1.98. The van der Waals surface area contributed by atoms with E-state index in [0.717, 1.165) is 18.2 Å². The molecule has 2 rings (SSSR count). The van der Waals surface area contributed by atoms with Crippen molar-refractivity contribution >= 4 is 0 Å². The lowest BCUT2D eigenvalue weighted by Gasteiger charge is -2.27. The van der Waals surface area contributed by atoms with Crippen LogP contribution in [0.4, 0.5) is 0 Å². The zero-order chi connectivity index (χ0) is 11.5. The number of hydrogen-bond donors (Lipinski definition) is 1. The van der Waals surface area contributed by atoms with Crippen molar-refractivity contribution in [2.24, 2.45) is 13.0 Å². The molecule has 16 heavy (non-hydrogen) atoms. The molecule has 1 fully saturated rings. The minimum atomic E-state index is 0.707. The first-order chi connectivity index (χ1) is 7.65. The van der Waals surface area contributed by atoms with Crippen molar-refractivity contribution in [1.82, 2.24) is 15.1 Å². The van der Waals surface area contributed by atoms with Gasteiger partial charge in [-0.15, -0.1) is 0 Å². The summed E-state index contributed by atoms with van der Waals surface area (Å²) in [5.41, 5.74) is 2.40. The first-order valence-electron chi connectivity index (χ1n) is 6.38. The van der Waals surface area contributed by atoms with Crippen molar-refractivity contribution in [1.29, 1.82) is 0 Å². The number of aromatic nitrogens is 2. The molecule has 0 aromatic carbocycles. The molecule has 90 valence electrons. The molecule has 2 unspecified atom stereocenters. The fourth-order valence-electron chi connectivity index (χ4n) is 2.70. The number of nitrogens with zero attached hydrogens (tertiary/aromatic N) is 2. The predicted octanol–water partition coefficient (Wildman–Crippen LogP) is 2.40. The van der Waals surface area contributed by atoms with Crippen LogP contribution in [0, 0.1) is 12.8 Å². The number of rotatable bonds is 3. The predicted molar refractivity (Wildman–Crippen MR) is 66.2 cm³/mol. The van der Waals surface area contributed by atoms with Crippen LogP contribution in [0.1, 0.15) is 44.0 Å². The molecule has 0 bridgehead atoms. The fraction of sp³-hybridized carbons (Fsp3) is 0.769. The largest absolute Gasteiger partial charge is 0.308 e. The molecule has 1 N–H and O–H groups in total. The van der Waals surface area contributed by atoms with Crippen molar-refractivity contribution in [2.75, 3.05) is 0 Å². The molecular formula is C13H23N3. The third-order valence-corrected chi connectivity index (χ3v) is 3.61. The normalized spacial score (nSPS) is 25.9. The Hall–Kier alpha value is -0.830. The molecule has 3 heteroatoms. The zero-order valence-electron chi connectivity index (χ0n) is 10.7. The number of hydrogen-bond acceptors (Lipinski definition) is 2. The van der Waals surface area contributed by atoms with E-state index < -0.39 is 0 Å². The Kier molecular flexibility index (Phi) is 3.64. The van der Waals surface area contributed by atoms with Gasteiger partial charge in [-0.05, 0) is 31.7 Å². The molecule has 1 saturated carbocycles. The Labute approximate surface area is 98.2 Å². The van der Waals surface area contributed by atoms with Gasteiger partial charge in [-0.2, -0.15) is 5.10 Å². The summed E-state index contributed by atoms with van der Waals surface area (Å²) in [6, 6.07) is 2.87. The summed E-state index contributed by atoms with van der Waals surface area (Å²) in [7, 11) is 2.02. The minimum Gasteiger partial charge on any atom is -0.308 e. The highest BCUT2D eigenvalue weighted by Crippen LogP contribution is 2.23. The van der Waals surface area contributed by atoms with Gasteiger partial charge in [0.05, 0.1) is 11.4 Å². The quantitative estimate of drug-likeness (QED) is 0.849. The van der Waals surface area contributed by atoms with Crippen LogP contribution in [0.3, 0.4) is 0 Å². The minimum absolute atomic E-state index is 0.707. The Bertz CT molecular complexity index is 343. The van der Waals surface area contributed by atoms with Crippen LogP contribution in [-0.2, 0) is 13.6 Å². The van der Waals surface area contributed by atoms with Gasteiger partial charge in [0.15, 0.2) is 0 Å². The zero-order valence-corrected chi connectivity index (χ0v) is 10.7. The Balaban J connectivity index is 1.85. The van der Waals surface area contributed by atoms with E-state index in [-0.39, 0.29) is 0 Å². The molecule has 3 nitrogen and oxygen atoms in total. The van der Waals surface area contributed by atoms with Crippen LogP contribution < -0.4 is 5.32 Å². The van der Waals surface area contributed by atoms with Crippen LogP contribution in [0.5, 0.6) is 0 Å². The molecule has 1 aromatic rings. The van der Waals surface area contributed by atoms with E-state index in [1.54, 1.807) is 0 Å². The summed E-state index contributed by atoms with van der Waals surface area (Å²) in [6.07, 6.45) is 5.45. The van der Waals surface area contributed by atoms with E-state index in [9.17, 15) is 0 Å². The second-order valence-electron chi connectivity index (χ2n) is 5.25. The lowest BCUT2D eigenvalue weighted by Crippen LogP contribution is -2.33. The monoisotopic (exact) mass is 221 g/mol. The molecule has 0 aliphatic heterocycles. The summed E-state index contributed by atoms with van der Waals surface area (Å²) >= 11 is 0. The molecule has 0 spiro atoms. The second-order valence-corrected chi connectivity index (χ2v) is 5.25. The molecule has 1 aliphatic rings. The molecular weight excluding hydrogens is 198 g/mol. The van der Waals surface area contributed by atoms with E-state index >= 15 is 0 Å². The van der Waals surface area contributed by atoms with E-state index in [2.05, 4.69) is 23.4 Å². The number of aryl methyl sites for hydroxylation is 2. The first-order valence-corrected chi connectivity index (χ1v) is 6.38. The van der Waals surface area contributed by atoms with Gasteiger partial charge in [0.2, 0.25) is 0 Å². The third-order valence-electron chi connectivity index (χ3n) is 3.61. The topological polar surface area (TPSA) is 29.9 Å². The van der Waals surface area contributed by atoms with Crippen molar-refractivity contribution in [2.45, 2.75) is 52.1 Å². The third kappa shape index (κ3) is 2.85. The molecule has 1 heterocycles. The second kappa shape index (κ2) is 5.00. The average molecular weight is 221 g/mol. The summed E-state index contributed by atoms with van der Waals surface area (Å²) in [5.74, 6) is 0.888. The Morgan fingerprint density at radius 3 is 2.94 bits per heavy atom. The summed E-state index contributed by atoms with van der Waals surface area (Å²) in [4.78, 5) is 0. The van der Waals surface area contributed by atoms with E-state index in [4.69, 9.17) is 0 Å². The highest BCUT2D eigenvalue weighted by atomic mass is 15.3. The maximum atomic E-state index is 4.37. The van der Waals surface area contributed by atoms with Crippen molar-refractivity contribution < 1.29 is 0 Å². The van der Waals surface area contributed by atoms with Crippen LogP contribution in [0.25, 0.3) is 0 Å². The standard InChI is InChI=1S/C13H23N3/c1-10-5-4-6-12(7-10)14-9-13-8-11(2)15-16(13)3/h8,10,12,14H,4-7,9H2,1-3H3. The Morgan fingerprint density at radius 2 is 2.31 bits per heavy atom. The molecule has 1 aromatic heterocycles. The molecule has 0 saturated heterocycles. The smallest absolute Gasteiger partial charge is 0.0597 e. The van der Waals surface area contributed by atoms with Gasteiger partial charge >= 0.3 is 0 Å². The van der Waals surface area contributed by atoms with E-state index in [0.29, 0.717) is 6.04 Å². The maximum Gasteiger partial charge on any atom is 0.0597 e. The summed E-state index contributed by atoms with van der Waals surface area (Å²) in [6.45, 7) is 5.36. The van der Waals surface area contributed by atoms with Crippen LogP contribution in [0.2, 0.25) is 0 Å². The average Bonchev–Trinajstić information content (AvgIpc) is 2.54. The summed E-state index contributed by atoms with van der Waals surface area (Å²) in [5, 5.41) is 8.03. The van der Waals surface area contributed by atoms with Crippen LogP contribution in [0.15, 0.2) is 6.07 Å². The van der Waals surface area contributed by atoms with Gasteiger partial charge in [0.25, 0.3) is 0 Å². The van der Waals surface area contributed by atoms with Gasteiger partial charge in [-0.1, -0.05) is 19.8 Å². The molecule has 0 radical (unpaired) electrons. The first kappa shape index (κ1) is 11.6. The SMILES string of the molecule is Cc1cc(CNC2CCCC(C)C2)n(C)n1. The van der Waals surface area contributed by atoms with Gasteiger partial charge < -0.3 is 5.32 Å². The highest BCUT2D eigenvalue weighted by molar-refractivity contribution is 5.08. The van der Waals surface area contributed by atoms with Crippen molar-refractivity contribution in [3.8, 4) is 0 Å². The number of nitrogens with one attached hydrogen (secondary N) is 1. The maximum absolute atomic E-state index is 4.37. The van der Waals surface area contributed by atoms with Gasteiger partial charge in [-0.25, -0.2) is 0 Å². The van der Waals surface area contributed by atoms with Gasteiger partial charge in [0, 0.05) is 19.6 Å². The van der Waals surface area contributed by atoms with E-state index in [1.807, 2.05) is 18.7 Å². The van der Waals surface area contributed by atoms with Gasteiger partial charge in [0.1, 0.15) is 0 Å². The lowest BCUT2D eigenvalue weighted by atomic mass is 9.87.